The summed E-state index contributed by atoms with van der Waals surface area (Å²) in [6.07, 6.45) is 5.31. The normalized spacial score (nSPS) is 22.9. The number of hydrogen-bond donors (Lipinski definition) is 2. The number of anilines is 2. The van der Waals surface area contributed by atoms with E-state index in [0.29, 0.717) is 23.8 Å². The van der Waals surface area contributed by atoms with Gasteiger partial charge in [-0.2, -0.15) is 15.0 Å². The molecule has 2 rings (SSSR count). The quantitative estimate of drug-likeness (QED) is 0.850. The Labute approximate surface area is 114 Å². The molecule has 0 aromatic carbocycles. The third-order valence-electron chi connectivity index (χ3n) is 3.83. The third kappa shape index (κ3) is 3.68. The molecule has 1 aliphatic rings. The van der Waals surface area contributed by atoms with Crippen LogP contribution in [0.15, 0.2) is 0 Å². The summed E-state index contributed by atoms with van der Waals surface area (Å²) >= 11 is 0. The summed E-state index contributed by atoms with van der Waals surface area (Å²) in [5.41, 5.74) is 0. The largest absolute Gasteiger partial charge is 0.467 e. The lowest BCUT2D eigenvalue weighted by Gasteiger charge is -2.28. The monoisotopic (exact) mass is 265 g/mol. The number of hydrogen-bond acceptors (Lipinski definition) is 6. The van der Waals surface area contributed by atoms with Crippen LogP contribution in [-0.2, 0) is 0 Å². The predicted molar refractivity (Wildman–Crippen MR) is 75.5 cm³/mol. The van der Waals surface area contributed by atoms with Crippen LogP contribution in [0.1, 0.15) is 32.6 Å². The summed E-state index contributed by atoms with van der Waals surface area (Å²) in [5.74, 6) is 2.57. The minimum atomic E-state index is 0.332. The second kappa shape index (κ2) is 6.54. The van der Waals surface area contributed by atoms with E-state index in [1.54, 1.807) is 14.2 Å². The van der Waals surface area contributed by atoms with Gasteiger partial charge in [0.05, 0.1) is 7.11 Å². The SMILES string of the molecule is CNc1nc(NCC2CCCCC2C)nc(OC)n1. The number of ether oxygens (including phenoxy) is 1. The van der Waals surface area contributed by atoms with Crippen LogP contribution < -0.4 is 15.4 Å². The van der Waals surface area contributed by atoms with Crippen LogP contribution in [-0.4, -0.2) is 35.7 Å². The van der Waals surface area contributed by atoms with Crippen LogP contribution in [0.2, 0.25) is 0 Å². The average Bonchev–Trinajstić information content (AvgIpc) is 2.46. The molecule has 0 aliphatic heterocycles. The Kier molecular flexibility index (Phi) is 4.76. The Bertz CT molecular complexity index is 390. The topological polar surface area (TPSA) is 72.0 Å². The molecule has 19 heavy (non-hydrogen) atoms. The van der Waals surface area contributed by atoms with E-state index in [-0.39, 0.29) is 0 Å². The van der Waals surface area contributed by atoms with E-state index >= 15 is 0 Å². The van der Waals surface area contributed by atoms with Gasteiger partial charge in [0.15, 0.2) is 0 Å². The molecule has 1 fully saturated rings. The molecule has 0 saturated heterocycles. The highest BCUT2D eigenvalue weighted by atomic mass is 16.5. The fourth-order valence-electron chi connectivity index (χ4n) is 2.56. The van der Waals surface area contributed by atoms with E-state index in [0.717, 1.165) is 12.5 Å². The highest BCUT2D eigenvalue weighted by Gasteiger charge is 2.21. The molecule has 1 saturated carbocycles. The standard InChI is InChI=1S/C13H23N5O/c1-9-6-4-5-7-10(9)8-15-12-16-11(14-2)17-13(18-12)19-3/h9-10H,4-8H2,1-3H3,(H2,14,15,16,17,18). The Morgan fingerprint density at radius 2 is 1.89 bits per heavy atom. The zero-order valence-electron chi connectivity index (χ0n) is 11.9. The lowest BCUT2D eigenvalue weighted by Crippen LogP contribution is -2.25. The molecule has 2 atom stereocenters. The fraction of sp³-hybridized carbons (Fsp3) is 0.769. The smallest absolute Gasteiger partial charge is 0.322 e. The number of nitrogens with one attached hydrogen (secondary N) is 2. The number of aromatic nitrogens is 3. The number of methoxy groups -OCH3 is 1. The summed E-state index contributed by atoms with van der Waals surface area (Å²) in [7, 11) is 3.34. The van der Waals surface area contributed by atoms with E-state index in [1.807, 2.05) is 0 Å². The van der Waals surface area contributed by atoms with Crippen molar-refractivity contribution in [1.29, 1.82) is 0 Å². The molecule has 106 valence electrons. The maximum Gasteiger partial charge on any atom is 0.322 e. The number of rotatable bonds is 5. The first kappa shape index (κ1) is 13.8. The van der Waals surface area contributed by atoms with Crippen molar-refractivity contribution in [3.63, 3.8) is 0 Å². The van der Waals surface area contributed by atoms with Crippen LogP contribution in [0, 0.1) is 11.8 Å². The van der Waals surface area contributed by atoms with Gasteiger partial charge in [0.1, 0.15) is 0 Å². The summed E-state index contributed by atoms with van der Waals surface area (Å²) in [6, 6.07) is 0.332. The van der Waals surface area contributed by atoms with E-state index < -0.39 is 0 Å². The molecule has 0 radical (unpaired) electrons. The summed E-state index contributed by atoms with van der Waals surface area (Å²) in [5, 5.41) is 6.22. The first-order chi connectivity index (χ1) is 9.22. The lowest BCUT2D eigenvalue weighted by molar-refractivity contribution is 0.268. The van der Waals surface area contributed by atoms with Crippen LogP contribution in [0.3, 0.4) is 0 Å². The van der Waals surface area contributed by atoms with Crippen molar-refractivity contribution < 1.29 is 4.74 Å². The maximum atomic E-state index is 5.07. The van der Waals surface area contributed by atoms with Crippen molar-refractivity contribution in [3.05, 3.63) is 0 Å². The minimum Gasteiger partial charge on any atom is -0.467 e. The molecule has 6 heteroatoms. The number of nitrogens with zero attached hydrogens (tertiary/aromatic N) is 3. The van der Waals surface area contributed by atoms with Crippen LogP contribution in [0.4, 0.5) is 11.9 Å². The first-order valence-corrected chi connectivity index (χ1v) is 6.94. The van der Waals surface area contributed by atoms with Gasteiger partial charge < -0.3 is 15.4 Å². The molecule has 1 aromatic heterocycles. The van der Waals surface area contributed by atoms with Crippen molar-refractivity contribution in [2.24, 2.45) is 11.8 Å². The Hall–Kier alpha value is -1.59. The first-order valence-electron chi connectivity index (χ1n) is 6.94. The highest BCUT2D eigenvalue weighted by molar-refractivity contribution is 5.35. The van der Waals surface area contributed by atoms with E-state index in [4.69, 9.17) is 4.74 Å². The van der Waals surface area contributed by atoms with Gasteiger partial charge in [0.25, 0.3) is 0 Å². The Morgan fingerprint density at radius 3 is 2.58 bits per heavy atom. The van der Waals surface area contributed by atoms with E-state index in [1.165, 1.54) is 25.7 Å². The second-order valence-electron chi connectivity index (χ2n) is 5.12. The minimum absolute atomic E-state index is 0.332. The van der Waals surface area contributed by atoms with Crippen molar-refractivity contribution in [2.75, 3.05) is 31.3 Å². The van der Waals surface area contributed by atoms with Gasteiger partial charge in [-0.3, -0.25) is 0 Å². The fourth-order valence-corrected chi connectivity index (χ4v) is 2.56. The molecule has 2 N–H and O–H groups in total. The van der Waals surface area contributed by atoms with Crippen LogP contribution >= 0.6 is 0 Å². The molecule has 0 amide bonds. The molecular weight excluding hydrogens is 242 g/mol. The van der Waals surface area contributed by atoms with Gasteiger partial charge in [-0.1, -0.05) is 26.2 Å². The van der Waals surface area contributed by atoms with Crippen molar-refractivity contribution in [2.45, 2.75) is 32.6 Å². The molecule has 0 spiro atoms. The van der Waals surface area contributed by atoms with Crippen LogP contribution in [0.5, 0.6) is 6.01 Å². The predicted octanol–water partition coefficient (Wildman–Crippen LogP) is 2.16. The molecule has 1 aliphatic carbocycles. The molecule has 1 heterocycles. The summed E-state index contributed by atoms with van der Waals surface area (Å²) in [4.78, 5) is 12.6. The van der Waals surface area contributed by atoms with Gasteiger partial charge >= 0.3 is 6.01 Å². The second-order valence-corrected chi connectivity index (χ2v) is 5.12. The Morgan fingerprint density at radius 1 is 1.16 bits per heavy atom. The van der Waals surface area contributed by atoms with E-state index in [2.05, 4.69) is 32.5 Å². The molecule has 0 bridgehead atoms. The van der Waals surface area contributed by atoms with Gasteiger partial charge in [0, 0.05) is 13.6 Å². The molecule has 6 nitrogen and oxygen atoms in total. The van der Waals surface area contributed by atoms with Crippen molar-refractivity contribution in [1.82, 2.24) is 15.0 Å². The van der Waals surface area contributed by atoms with Gasteiger partial charge in [-0.25, -0.2) is 0 Å². The molecule has 2 unspecified atom stereocenters. The highest BCUT2D eigenvalue weighted by Crippen LogP contribution is 2.29. The Balaban J connectivity index is 1.98. The van der Waals surface area contributed by atoms with Gasteiger partial charge in [-0.05, 0) is 18.3 Å². The lowest BCUT2D eigenvalue weighted by atomic mass is 9.80. The third-order valence-corrected chi connectivity index (χ3v) is 3.83. The molecular formula is C13H23N5O. The zero-order chi connectivity index (χ0) is 13.7. The summed E-state index contributed by atoms with van der Waals surface area (Å²) in [6.45, 7) is 3.25. The van der Waals surface area contributed by atoms with Crippen molar-refractivity contribution >= 4 is 11.9 Å². The van der Waals surface area contributed by atoms with Crippen molar-refractivity contribution in [3.8, 4) is 6.01 Å². The van der Waals surface area contributed by atoms with E-state index in [9.17, 15) is 0 Å². The summed E-state index contributed by atoms with van der Waals surface area (Å²) < 4.78 is 5.07. The van der Waals surface area contributed by atoms with Gasteiger partial charge in [0.2, 0.25) is 11.9 Å². The van der Waals surface area contributed by atoms with Crippen LogP contribution in [0.25, 0.3) is 0 Å². The molecule has 1 aromatic rings. The zero-order valence-corrected chi connectivity index (χ0v) is 11.9. The average molecular weight is 265 g/mol. The van der Waals surface area contributed by atoms with Gasteiger partial charge in [-0.15, -0.1) is 0 Å². The maximum absolute atomic E-state index is 5.07.